The van der Waals surface area contributed by atoms with Gasteiger partial charge in [-0.25, -0.2) is 4.98 Å². The molecule has 3 aromatic rings. The number of thioether (sulfide) groups is 1. The van der Waals surface area contributed by atoms with Gasteiger partial charge in [0, 0.05) is 24.0 Å². The van der Waals surface area contributed by atoms with E-state index in [1.807, 2.05) is 30.0 Å². The number of carbonyl (C=O) groups excluding carboxylic acids is 1. The average Bonchev–Trinajstić information content (AvgIpc) is 3.04. The third kappa shape index (κ3) is 3.85. The number of aromatic amines is 1. The predicted octanol–water partition coefficient (Wildman–Crippen LogP) is 3.26. The van der Waals surface area contributed by atoms with Crippen molar-refractivity contribution in [1.82, 2.24) is 25.1 Å². The number of benzene rings is 1. The van der Waals surface area contributed by atoms with Crippen molar-refractivity contribution < 1.29 is 9.53 Å². The predicted molar refractivity (Wildman–Crippen MR) is 106 cm³/mol. The standard InChI is InChI=1S/C19H23N5O2S/c1-3-26-13-4-5-15-14(10-13)17-18(20-15)21-19(23-22-17)27-11-16(25)24-8-6-12(2)7-9-24/h4-5,10,12H,3,6-9,11H2,1-2H3,(H,20,21,23). The minimum absolute atomic E-state index is 0.147. The highest BCUT2D eigenvalue weighted by atomic mass is 32.2. The molecule has 1 aliphatic heterocycles. The maximum Gasteiger partial charge on any atom is 0.233 e. The van der Waals surface area contributed by atoms with Gasteiger partial charge in [-0.1, -0.05) is 18.7 Å². The van der Waals surface area contributed by atoms with E-state index in [-0.39, 0.29) is 5.91 Å². The van der Waals surface area contributed by atoms with E-state index in [1.54, 1.807) is 0 Å². The van der Waals surface area contributed by atoms with Crippen molar-refractivity contribution in [2.24, 2.45) is 5.92 Å². The molecule has 4 rings (SSSR count). The lowest BCUT2D eigenvalue weighted by Crippen LogP contribution is -2.38. The first-order valence-corrected chi connectivity index (χ1v) is 10.3. The van der Waals surface area contributed by atoms with Gasteiger partial charge in [0.15, 0.2) is 5.65 Å². The largest absolute Gasteiger partial charge is 0.494 e. The molecule has 1 fully saturated rings. The molecule has 0 aliphatic carbocycles. The fourth-order valence-electron chi connectivity index (χ4n) is 3.33. The Hall–Kier alpha value is -2.35. The third-order valence-corrected chi connectivity index (χ3v) is 5.76. The van der Waals surface area contributed by atoms with Gasteiger partial charge in [0.1, 0.15) is 11.3 Å². The number of ether oxygens (including phenoxy) is 1. The molecule has 3 heterocycles. The van der Waals surface area contributed by atoms with Crippen LogP contribution in [0.4, 0.5) is 0 Å². The Morgan fingerprint density at radius 2 is 2.15 bits per heavy atom. The van der Waals surface area contributed by atoms with Crippen LogP contribution in [-0.4, -0.2) is 56.4 Å². The molecule has 0 radical (unpaired) electrons. The number of hydrogen-bond donors (Lipinski definition) is 1. The molecule has 0 unspecified atom stereocenters. The molecular weight excluding hydrogens is 362 g/mol. The van der Waals surface area contributed by atoms with Crippen LogP contribution >= 0.6 is 11.8 Å². The molecule has 1 N–H and O–H groups in total. The fraction of sp³-hybridized carbons (Fsp3) is 0.474. The summed E-state index contributed by atoms with van der Waals surface area (Å²) in [6, 6.07) is 5.82. The molecule has 142 valence electrons. The van der Waals surface area contributed by atoms with Crippen LogP contribution in [0, 0.1) is 5.92 Å². The minimum Gasteiger partial charge on any atom is -0.494 e. The lowest BCUT2D eigenvalue weighted by molar-refractivity contribution is -0.129. The van der Waals surface area contributed by atoms with Gasteiger partial charge in [0.05, 0.1) is 12.4 Å². The third-order valence-electron chi connectivity index (χ3n) is 4.94. The Bertz CT molecular complexity index is 965. The summed E-state index contributed by atoms with van der Waals surface area (Å²) < 4.78 is 5.56. The molecule has 0 bridgehead atoms. The normalized spacial score (nSPS) is 15.6. The number of hydrogen-bond acceptors (Lipinski definition) is 6. The van der Waals surface area contributed by atoms with Crippen LogP contribution in [0.2, 0.25) is 0 Å². The van der Waals surface area contributed by atoms with Crippen LogP contribution in [0.5, 0.6) is 5.75 Å². The summed E-state index contributed by atoms with van der Waals surface area (Å²) in [5.41, 5.74) is 2.33. The second-order valence-corrected chi connectivity index (χ2v) is 7.85. The molecule has 8 heteroatoms. The highest BCUT2D eigenvalue weighted by Gasteiger charge is 2.20. The highest BCUT2D eigenvalue weighted by molar-refractivity contribution is 7.99. The van der Waals surface area contributed by atoms with Gasteiger partial charge < -0.3 is 14.6 Å². The van der Waals surface area contributed by atoms with E-state index in [0.717, 1.165) is 42.6 Å². The number of nitrogens with zero attached hydrogens (tertiary/aromatic N) is 4. The van der Waals surface area contributed by atoms with Crippen molar-refractivity contribution in [3.63, 3.8) is 0 Å². The zero-order valence-corrected chi connectivity index (χ0v) is 16.4. The smallest absolute Gasteiger partial charge is 0.233 e. The Labute approximate surface area is 161 Å². The number of rotatable bonds is 5. The lowest BCUT2D eigenvalue weighted by Gasteiger charge is -2.30. The van der Waals surface area contributed by atoms with E-state index < -0.39 is 0 Å². The van der Waals surface area contributed by atoms with E-state index in [4.69, 9.17) is 4.74 Å². The topological polar surface area (TPSA) is 84.0 Å². The molecule has 2 aromatic heterocycles. The zero-order valence-electron chi connectivity index (χ0n) is 15.6. The maximum absolute atomic E-state index is 12.4. The van der Waals surface area contributed by atoms with Gasteiger partial charge in [-0.05, 0) is 43.9 Å². The van der Waals surface area contributed by atoms with E-state index in [2.05, 4.69) is 27.1 Å². The van der Waals surface area contributed by atoms with E-state index >= 15 is 0 Å². The fourth-order valence-corrected chi connectivity index (χ4v) is 4.02. The molecule has 27 heavy (non-hydrogen) atoms. The van der Waals surface area contributed by atoms with Crippen LogP contribution in [0.3, 0.4) is 0 Å². The molecule has 0 atom stereocenters. The highest BCUT2D eigenvalue weighted by Crippen LogP contribution is 2.27. The molecule has 1 saturated heterocycles. The Morgan fingerprint density at radius 1 is 1.33 bits per heavy atom. The summed E-state index contributed by atoms with van der Waals surface area (Å²) in [4.78, 5) is 22.1. The van der Waals surface area contributed by atoms with Crippen molar-refractivity contribution in [3.05, 3.63) is 18.2 Å². The minimum atomic E-state index is 0.147. The zero-order chi connectivity index (χ0) is 18.8. The van der Waals surface area contributed by atoms with E-state index in [1.165, 1.54) is 11.8 Å². The second-order valence-electron chi connectivity index (χ2n) is 6.91. The summed E-state index contributed by atoms with van der Waals surface area (Å²) in [5.74, 6) is 2.00. The number of nitrogens with one attached hydrogen (secondary N) is 1. The first-order chi connectivity index (χ1) is 13.1. The number of H-pyrrole nitrogens is 1. The first-order valence-electron chi connectivity index (χ1n) is 9.33. The number of amides is 1. The van der Waals surface area contributed by atoms with Gasteiger partial charge in [-0.2, -0.15) is 0 Å². The molecule has 1 amide bonds. The Balaban J connectivity index is 1.48. The number of aromatic nitrogens is 4. The second kappa shape index (κ2) is 7.72. The van der Waals surface area contributed by atoms with Crippen molar-refractivity contribution in [3.8, 4) is 5.75 Å². The van der Waals surface area contributed by atoms with Crippen molar-refractivity contribution in [1.29, 1.82) is 0 Å². The Morgan fingerprint density at radius 3 is 2.93 bits per heavy atom. The Kier molecular flexibility index (Phi) is 5.15. The van der Waals surface area contributed by atoms with E-state index in [0.29, 0.717) is 34.6 Å². The summed E-state index contributed by atoms with van der Waals surface area (Å²) in [5, 5.41) is 9.98. The van der Waals surface area contributed by atoms with Gasteiger partial charge >= 0.3 is 0 Å². The van der Waals surface area contributed by atoms with Crippen molar-refractivity contribution >= 4 is 39.7 Å². The van der Waals surface area contributed by atoms with Crippen LogP contribution in [0.25, 0.3) is 22.1 Å². The monoisotopic (exact) mass is 385 g/mol. The first kappa shape index (κ1) is 18.0. The van der Waals surface area contributed by atoms with Crippen LogP contribution < -0.4 is 4.74 Å². The van der Waals surface area contributed by atoms with Crippen LogP contribution in [-0.2, 0) is 4.79 Å². The van der Waals surface area contributed by atoms with Gasteiger partial charge in [0.2, 0.25) is 11.1 Å². The average molecular weight is 385 g/mol. The number of piperidine rings is 1. The van der Waals surface area contributed by atoms with Gasteiger partial charge in [-0.15, -0.1) is 10.2 Å². The van der Waals surface area contributed by atoms with Crippen molar-refractivity contribution in [2.45, 2.75) is 31.8 Å². The summed E-state index contributed by atoms with van der Waals surface area (Å²) in [6.45, 7) is 6.51. The lowest BCUT2D eigenvalue weighted by atomic mass is 9.99. The van der Waals surface area contributed by atoms with Crippen molar-refractivity contribution in [2.75, 3.05) is 25.4 Å². The van der Waals surface area contributed by atoms with Gasteiger partial charge in [-0.3, -0.25) is 4.79 Å². The summed E-state index contributed by atoms with van der Waals surface area (Å²) in [7, 11) is 0. The van der Waals surface area contributed by atoms with Crippen LogP contribution in [0.1, 0.15) is 26.7 Å². The molecule has 0 saturated carbocycles. The summed E-state index contributed by atoms with van der Waals surface area (Å²) >= 11 is 1.34. The van der Waals surface area contributed by atoms with Crippen LogP contribution in [0.15, 0.2) is 23.4 Å². The molecule has 7 nitrogen and oxygen atoms in total. The number of fused-ring (bicyclic) bond motifs is 3. The summed E-state index contributed by atoms with van der Waals surface area (Å²) in [6.07, 6.45) is 2.17. The number of likely N-dealkylation sites (tertiary alicyclic amines) is 1. The maximum atomic E-state index is 12.4. The molecule has 1 aliphatic rings. The van der Waals surface area contributed by atoms with Gasteiger partial charge in [0.25, 0.3) is 0 Å². The number of carbonyl (C=O) groups is 1. The quantitative estimate of drug-likeness (QED) is 0.679. The van der Waals surface area contributed by atoms with E-state index in [9.17, 15) is 4.79 Å². The molecule has 0 spiro atoms. The molecule has 1 aromatic carbocycles. The molecular formula is C19H23N5O2S. The SMILES string of the molecule is CCOc1ccc2[nH]c3nc(SCC(=O)N4CCC(C)CC4)nnc3c2c1.